The molecule has 0 saturated carbocycles. The highest BCUT2D eigenvalue weighted by Gasteiger charge is 2.54. The third-order valence-electron chi connectivity index (χ3n) is 4.45. The van der Waals surface area contributed by atoms with Crippen LogP contribution in [0.15, 0.2) is 58.9 Å². The van der Waals surface area contributed by atoms with Crippen LogP contribution in [0.3, 0.4) is 0 Å². The SMILES string of the molecule is COc1ccc(N2C(=O)[C@@H]3N=NN(Cc4ccc(Cl)cc4)[C@H]3C2=O)cc1. The minimum Gasteiger partial charge on any atom is -0.497 e. The molecule has 0 unspecified atom stereocenters. The number of methoxy groups -OCH3 is 1. The molecule has 0 bridgehead atoms. The van der Waals surface area contributed by atoms with E-state index in [0.717, 1.165) is 5.56 Å². The molecule has 132 valence electrons. The van der Waals surface area contributed by atoms with Gasteiger partial charge in [-0.3, -0.25) is 14.6 Å². The summed E-state index contributed by atoms with van der Waals surface area (Å²) in [6, 6.07) is 12.5. The molecule has 2 heterocycles. The Kier molecular flexibility index (Phi) is 4.08. The Labute approximate surface area is 154 Å². The maximum atomic E-state index is 12.9. The van der Waals surface area contributed by atoms with Crippen molar-refractivity contribution in [2.24, 2.45) is 10.3 Å². The minimum absolute atomic E-state index is 0.330. The second-order valence-corrected chi connectivity index (χ2v) is 6.46. The van der Waals surface area contributed by atoms with E-state index in [1.54, 1.807) is 48.5 Å². The number of imide groups is 1. The van der Waals surface area contributed by atoms with E-state index in [4.69, 9.17) is 16.3 Å². The molecule has 0 N–H and O–H groups in total. The molecular formula is C18H15ClN4O3. The lowest BCUT2D eigenvalue weighted by molar-refractivity contribution is -0.123. The number of hydrogen-bond donors (Lipinski definition) is 0. The highest BCUT2D eigenvalue weighted by atomic mass is 35.5. The molecule has 0 aromatic heterocycles. The van der Waals surface area contributed by atoms with Crippen molar-refractivity contribution in [2.45, 2.75) is 18.6 Å². The number of rotatable bonds is 4. The molecule has 2 atom stereocenters. The number of anilines is 1. The molecular weight excluding hydrogens is 356 g/mol. The summed E-state index contributed by atoms with van der Waals surface area (Å²) in [4.78, 5) is 26.7. The maximum absolute atomic E-state index is 12.9. The first-order valence-corrected chi connectivity index (χ1v) is 8.40. The van der Waals surface area contributed by atoms with Gasteiger partial charge < -0.3 is 4.74 Å². The van der Waals surface area contributed by atoms with Gasteiger partial charge in [-0.2, -0.15) is 5.11 Å². The molecule has 4 rings (SSSR count). The highest BCUT2D eigenvalue weighted by molar-refractivity contribution is 6.30. The number of carbonyl (C=O) groups excluding carboxylic acids is 2. The number of hydrogen-bond acceptors (Lipinski definition) is 6. The molecule has 0 aliphatic carbocycles. The van der Waals surface area contributed by atoms with Crippen LogP contribution in [0.25, 0.3) is 0 Å². The number of fused-ring (bicyclic) bond motifs is 1. The average molecular weight is 371 g/mol. The van der Waals surface area contributed by atoms with Crippen LogP contribution >= 0.6 is 11.6 Å². The quantitative estimate of drug-likeness (QED) is 0.775. The summed E-state index contributed by atoms with van der Waals surface area (Å²) < 4.78 is 5.11. The van der Waals surface area contributed by atoms with Gasteiger partial charge in [-0.15, -0.1) is 0 Å². The summed E-state index contributed by atoms with van der Waals surface area (Å²) in [5.74, 6) is -0.0475. The highest BCUT2D eigenvalue weighted by Crippen LogP contribution is 2.33. The van der Waals surface area contributed by atoms with E-state index in [0.29, 0.717) is 23.0 Å². The van der Waals surface area contributed by atoms with E-state index in [1.807, 2.05) is 12.1 Å². The Hall–Kier alpha value is -2.93. The molecule has 0 spiro atoms. The van der Waals surface area contributed by atoms with Gasteiger partial charge in [-0.05, 0) is 42.0 Å². The topological polar surface area (TPSA) is 74.6 Å². The molecule has 26 heavy (non-hydrogen) atoms. The maximum Gasteiger partial charge on any atom is 0.263 e. The molecule has 2 aromatic rings. The summed E-state index contributed by atoms with van der Waals surface area (Å²) >= 11 is 5.90. The fourth-order valence-corrected chi connectivity index (χ4v) is 3.24. The monoisotopic (exact) mass is 370 g/mol. The minimum atomic E-state index is -0.808. The predicted molar refractivity (Wildman–Crippen MR) is 94.9 cm³/mol. The summed E-state index contributed by atoms with van der Waals surface area (Å²) in [6.07, 6.45) is 0. The predicted octanol–water partition coefficient (Wildman–Crippen LogP) is 2.84. The third-order valence-corrected chi connectivity index (χ3v) is 4.70. The van der Waals surface area contributed by atoms with Gasteiger partial charge in [0.2, 0.25) is 0 Å². The van der Waals surface area contributed by atoms with Crippen molar-refractivity contribution in [3.63, 3.8) is 0 Å². The van der Waals surface area contributed by atoms with Gasteiger partial charge in [-0.1, -0.05) is 29.0 Å². The summed E-state index contributed by atoms with van der Waals surface area (Å²) in [5.41, 5.74) is 1.42. The molecule has 2 aliphatic heterocycles. The van der Waals surface area contributed by atoms with Gasteiger partial charge >= 0.3 is 0 Å². The van der Waals surface area contributed by atoms with Crippen molar-refractivity contribution < 1.29 is 14.3 Å². The first-order valence-electron chi connectivity index (χ1n) is 8.02. The van der Waals surface area contributed by atoms with Crippen molar-refractivity contribution in [3.05, 3.63) is 59.1 Å². The Morgan fingerprint density at radius 2 is 1.73 bits per heavy atom. The number of amides is 2. The van der Waals surface area contributed by atoms with Gasteiger partial charge in [0, 0.05) is 5.02 Å². The molecule has 2 amide bonds. The number of ether oxygens (including phenoxy) is 1. The standard InChI is InChI=1S/C18H15ClN4O3/c1-26-14-8-6-13(7-9-14)23-17(24)15-16(18(23)25)22(21-20-15)10-11-2-4-12(19)5-3-11/h2-9,15-16H,10H2,1H3/t15-,16-/m1/s1. The van der Waals surface area contributed by atoms with Gasteiger partial charge in [0.25, 0.3) is 11.8 Å². The number of nitrogens with zero attached hydrogens (tertiary/aromatic N) is 4. The first kappa shape index (κ1) is 16.5. The summed E-state index contributed by atoms with van der Waals surface area (Å²) in [7, 11) is 1.56. The smallest absolute Gasteiger partial charge is 0.263 e. The average Bonchev–Trinajstić information content (AvgIpc) is 3.17. The Bertz CT molecular complexity index is 882. The molecule has 2 aliphatic rings. The summed E-state index contributed by atoms with van der Waals surface area (Å²) in [5, 5.41) is 10.2. The van der Waals surface area contributed by atoms with Gasteiger partial charge in [0.15, 0.2) is 12.1 Å². The molecule has 1 saturated heterocycles. The van der Waals surface area contributed by atoms with Crippen LogP contribution in [-0.2, 0) is 16.1 Å². The second kappa shape index (κ2) is 6.42. The third kappa shape index (κ3) is 2.70. The molecule has 8 heteroatoms. The molecule has 1 fully saturated rings. The zero-order valence-corrected chi connectivity index (χ0v) is 14.6. The van der Waals surface area contributed by atoms with Crippen LogP contribution < -0.4 is 9.64 Å². The number of carbonyl (C=O) groups is 2. The first-order chi connectivity index (χ1) is 12.6. The Morgan fingerprint density at radius 3 is 2.38 bits per heavy atom. The van der Waals surface area contributed by atoms with Gasteiger partial charge in [0.1, 0.15) is 5.75 Å². The van der Waals surface area contributed by atoms with Gasteiger partial charge in [-0.25, -0.2) is 4.90 Å². The molecule has 7 nitrogen and oxygen atoms in total. The van der Waals surface area contributed by atoms with Crippen LogP contribution in [0.2, 0.25) is 5.02 Å². The van der Waals surface area contributed by atoms with E-state index in [1.165, 1.54) is 4.90 Å². The normalized spacial score (nSPS) is 21.5. The van der Waals surface area contributed by atoms with Crippen LogP contribution in [0.1, 0.15) is 5.56 Å². The van der Waals surface area contributed by atoms with E-state index < -0.39 is 12.1 Å². The second-order valence-electron chi connectivity index (χ2n) is 6.03. The summed E-state index contributed by atoms with van der Waals surface area (Å²) in [6.45, 7) is 0.372. The van der Waals surface area contributed by atoms with E-state index in [2.05, 4.69) is 10.3 Å². The zero-order chi connectivity index (χ0) is 18.3. The largest absolute Gasteiger partial charge is 0.497 e. The van der Waals surface area contributed by atoms with Crippen molar-refractivity contribution >= 4 is 29.1 Å². The molecule has 0 radical (unpaired) electrons. The van der Waals surface area contributed by atoms with Crippen molar-refractivity contribution in [1.29, 1.82) is 0 Å². The Balaban J connectivity index is 1.57. The van der Waals surface area contributed by atoms with E-state index in [-0.39, 0.29) is 11.8 Å². The fraction of sp³-hybridized carbons (Fsp3) is 0.222. The van der Waals surface area contributed by atoms with Crippen LogP contribution in [-0.4, -0.2) is 36.0 Å². The lowest BCUT2D eigenvalue weighted by Crippen LogP contribution is -2.39. The van der Waals surface area contributed by atoms with Crippen LogP contribution in [0, 0.1) is 0 Å². The van der Waals surface area contributed by atoms with Crippen LogP contribution in [0.4, 0.5) is 5.69 Å². The van der Waals surface area contributed by atoms with E-state index in [9.17, 15) is 9.59 Å². The molecule has 2 aromatic carbocycles. The Morgan fingerprint density at radius 1 is 1.04 bits per heavy atom. The number of halogens is 1. The lowest BCUT2D eigenvalue weighted by Gasteiger charge is -2.20. The van der Waals surface area contributed by atoms with Gasteiger partial charge in [0.05, 0.1) is 19.3 Å². The lowest BCUT2D eigenvalue weighted by atomic mass is 10.1. The fourth-order valence-electron chi connectivity index (χ4n) is 3.12. The van der Waals surface area contributed by atoms with Crippen molar-refractivity contribution in [1.82, 2.24) is 5.01 Å². The van der Waals surface area contributed by atoms with Crippen LogP contribution in [0.5, 0.6) is 5.75 Å². The number of benzene rings is 2. The zero-order valence-electron chi connectivity index (χ0n) is 13.9. The van der Waals surface area contributed by atoms with Crippen molar-refractivity contribution in [3.8, 4) is 5.75 Å². The van der Waals surface area contributed by atoms with E-state index >= 15 is 0 Å². The van der Waals surface area contributed by atoms with Crippen molar-refractivity contribution in [2.75, 3.05) is 12.0 Å².